The molecule has 0 bridgehead atoms. The minimum Gasteiger partial charge on any atom is -0.0689 e. The number of benzene rings is 1. The van der Waals surface area contributed by atoms with Crippen molar-refractivity contribution < 1.29 is 0 Å². The number of fused-ring (bicyclic) bond motifs is 2. The van der Waals surface area contributed by atoms with E-state index in [1.807, 2.05) is 0 Å². The van der Waals surface area contributed by atoms with Gasteiger partial charge in [0.15, 0.2) is 0 Å². The van der Waals surface area contributed by atoms with Gasteiger partial charge in [-0.15, -0.1) is 0 Å². The van der Waals surface area contributed by atoms with E-state index in [4.69, 9.17) is 0 Å². The van der Waals surface area contributed by atoms with Crippen molar-refractivity contribution in [1.82, 2.24) is 0 Å². The molecule has 0 N–H and O–H groups in total. The zero-order valence-electron chi connectivity index (χ0n) is 25.0. The highest BCUT2D eigenvalue weighted by Gasteiger charge is 2.58. The maximum atomic E-state index is 2.90. The van der Waals surface area contributed by atoms with Gasteiger partial charge in [0, 0.05) is 0 Å². The van der Waals surface area contributed by atoms with Crippen molar-refractivity contribution in [2.45, 2.75) is 147 Å². The van der Waals surface area contributed by atoms with Crippen molar-refractivity contribution >= 4 is 8.07 Å². The van der Waals surface area contributed by atoms with Crippen molar-refractivity contribution in [2.24, 2.45) is 35.5 Å². The Kier molecular flexibility index (Phi) is 7.91. The van der Waals surface area contributed by atoms with Gasteiger partial charge in [0.25, 0.3) is 0 Å². The monoisotopic (exact) mass is 506 g/mol. The van der Waals surface area contributed by atoms with Crippen LogP contribution < -0.4 is 0 Å². The molecule has 0 saturated heterocycles. The largest absolute Gasteiger partial charge is 0.0689 e. The molecule has 9 atom stereocenters. The standard InChI is InChI=1S/C35H58Si/c1-8-9-13-26-23-33(30-15-11-10-14-29(26)30)36(6,7)34-24(2)22-32-28(16-12-17-31(32)34)25-18-20-27(21-19-25)35(3,4)5/h18-21,24,26,28-34H,8-17,22-23H2,1-7H3. The molecule has 0 heterocycles. The van der Waals surface area contributed by atoms with Gasteiger partial charge < -0.3 is 0 Å². The second-order valence-corrected chi connectivity index (χ2v) is 20.7. The molecule has 0 nitrogen and oxygen atoms in total. The summed E-state index contributed by atoms with van der Waals surface area (Å²) in [5, 5.41) is 0. The van der Waals surface area contributed by atoms with Gasteiger partial charge >= 0.3 is 0 Å². The molecule has 0 amide bonds. The molecule has 1 aromatic rings. The summed E-state index contributed by atoms with van der Waals surface area (Å²) < 4.78 is 0. The fourth-order valence-electron chi connectivity index (χ4n) is 10.9. The zero-order valence-corrected chi connectivity index (χ0v) is 26.0. The summed E-state index contributed by atoms with van der Waals surface area (Å²) in [6, 6.07) is 9.95. The maximum Gasteiger partial charge on any atom is 0.0544 e. The van der Waals surface area contributed by atoms with Crippen molar-refractivity contribution in [3.63, 3.8) is 0 Å². The maximum absolute atomic E-state index is 2.90. The first kappa shape index (κ1) is 27.0. The van der Waals surface area contributed by atoms with Gasteiger partial charge in [-0.25, -0.2) is 0 Å². The molecule has 0 aromatic heterocycles. The molecular formula is C35H58Si. The molecule has 5 rings (SSSR count). The number of unbranched alkanes of at least 4 members (excludes halogenated alkanes) is 1. The number of hydrogen-bond donors (Lipinski definition) is 0. The third-order valence-corrected chi connectivity index (χ3v) is 17.6. The summed E-state index contributed by atoms with van der Waals surface area (Å²) in [7, 11) is -1.36. The summed E-state index contributed by atoms with van der Waals surface area (Å²) in [5.74, 6) is 6.99. The van der Waals surface area contributed by atoms with Crippen LogP contribution in [-0.4, -0.2) is 8.07 Å². The van der Waals surface area contributed by atoms with Crippen LogP contribution in [0, 0.1) is 35.5 Å². The lowest BCUT2D eigenvalue weighted by atomic mass is 9.70. The predicted octanol–water partition coefficient (Wildman–Crippen LogP) is 11.0. The SMILES string of the molecule is CCCCC1CC([Si](C)(C)C2C(C)CC3C(c4ccc(C(C)(C)C)cc4)CCCC32)C2CCCCC12. The Hall–Kier alpha value is -0.563. The molecular weight excluding hydrogens is 448 g/mol. The summed E-state index contributed by atoms with van der Waals surface area (Å²) in [5.41, 5.74) is 5.59. The van der Waals surface area contributed by atoms with Crippen molar-refractivity contribution in [1.29, 1.82) is 0 Å². The summed E-state index contributed by atoms with van der Waals surface area (Å²) >= 11 is 0. The lowest BCUT2D eigenvalue weighted by Gasteiger charge is -2.47. The fourth-order valence-corrected chi connectivity index (χ4v) is 16.9. The molecule has 0 radical (unpaired) electrons. The van der Waals surface area contributed by atoms with Crippen molar-refractivity contribution in [3.8, 4) is 0 Å². The Labute approximate surface area is 225 Å². The van der Waals surface area contributed by atoms with E-state index >= 15 is 0 Å². The smallest absolute Gasteiger partial charge is 0.0544 e. The first-order valence-corrected chi connectivity index (χ1v) is 19.4. The predicted molar refractivity (Wildman–Crippen MR) is 161 cm³/mol. The van der Waals surface area contributed by atoms with Crippen LogP contribution >= 0.6 is 0 Å². The van der Waals surface area contributed by atoms with Gasteiger partial charge in [0.2, 0.25) is 0 Å². The highest BCUT2D eigenvalue weighted by atomic mass is 28.3. The third kappa shape index (κ3) is 4.93. The van der Waals surface area contributed by atoms with Gasteiger partial charge in [0.05, 0.1) is 8.07 Å². The third-order valence-electron chi connectivity index (χ3n) is 12.3. The molecule has 0 spiro atoms. The van der Waals surface area contributed by atoms with Gasteiger partial charge in [0.1, 0.15) is 0 Å². The number of rotatable bonds is 6. The van der Waals surface area contributed by atoms with E-state index < -0.39 is 8.07 Å². The Morgan fingerprint density at radius 3 is 2.14 bits per heavy atom. The Bertz CT molecular complexity index is 860. The summed E-state index contributed by atoms with van der Waals surface area (Å²) in [6.45, 7) is 17.9. The summed E-state index contributed by atoms with van der Waals surface area (Å²) in [6.07, 6.45) is 18.2. The van der Waals surface area contributed by atoms with Crippen LogP contribution in [0.15, 0.2) is 24.3 Å². The molecule has 1 heteroatoms. The molecule has 4 fully saturated rings. The minimum absolute atomic E-state index is 0.253. The number of hydrogen-bond acceptors (Lipinski definition) is 0. The van der Waals surface area contributed by atoms with Crippen molar-refractivity contribution in [3.05, 3.63) is 35.4 Å². The first-order valence-electron chi connectivity index (χ1n) is 16.2. The topological polar surface area (TPSA) is 0 Å². The highest BCUT2D eigenvalue weighted by molar-refractivity contribution is 6.80. The molecule has 1 aromatic carbocycles. The molecule has 202 valence electrons. The van der Waals surface area contributed by atoms with E-state index in [-0.39, 0.29) is 5.41 Å². The molecule has 0 aliphatic heterocycles. The highest BCUT2D eigenvalue weighted by Crippen LogP contribution is 2.66. The van der Waals surface area contributed by atoms with Gasteiger partial charge in [-0.2, -0.15) is 0 Å². The van der Waals surface area contributed by atoms with Gasteiger partial charge in [-0.3, -0.25) is 0 Å². The quantitative estimate of drug-likeness (QED) is 0.336. The lowest BCUT2D eigenvalue weighted by Crippen LogP contribution is -2.45. The molecule has 4 saturated carbocycles. The van der Waals surface area contributed by atoms with Crippen LogP contribution in [0.1, 0.15) is 129 Å². The Morgan fingerprint density at radius 1 is 0.806 bits per heavy atom. The minimum atomic E-state index is -1.36. The second-order valence-electron chi connectivity index (χ2n) is 15.7. The van der Waals surface area contributed by atoms with E-state index in [9.17, 15) is 0 Å². The van der Waals surface area contributed by atoms with Crippen LogP contribution in [0.5, 0.6) is 0 Å². The van der Waals surface area contributed by atoms with Crippen LogP contribution in [0.2, 0.25) is 24.2 Å². The van der Waals surface area contributed by atoms with E-state index in [1.54, 1.807) is 24.8 Å². The van der Waals surface area contributed by atoms with Crippen LogP contribution in [0.25, 0.3) is 0 Å². The first-order chi connectivity index (χ1) is 17.1. The Balaban J connectivity index is 1.37. The van der Waals surface area contributed by atoms with E-state index in [0.29, 0.717) is 0 Å². The Morgan fingerprint density at radius 2 is 1.47 bits per heavy atom. The van der Waals surface area contributed by atoms with E-state index in [2.05, 4.69) is 72.0 Å². The molecule has 4 aliphatic rings. The molecule has 9 unspecified atom stereocenters. The molecule has 4 aliphatic carbocycles. The van der Waals surface area contributed by atoms with Gasteiger partial charge in [-0.1, -0.05) is 123 Å². The molecule has 36 heavy (non-hydrogen) atoms. The van der Waals surface area contributed by atoms with E-state index in [0.717, 1.165) is 52.5 Å². The van der Waals surface area contributed by atoms with Crippen molar-refractivity contribution in [2.75, 3.05) is 0 Å². The normalized spacial score (nSPS) is 39.1. The average Bonchev–Trinajstić information content (AvgIpc) is 3.40. The summed E-state index contributed by atoms with van der Waals surface area (Å²) in [4.78, 5) is 0. The van der Waals surface area contributed by atoms with Crippen LogP contribution in [-0.2, 0) is 5.41 Å². The van der Waals surface area contributed by atoms with Gasteiger partial charge in [-0.05, 0) is 94.7 Å². The lowest BCUT2D eigenvalue weighted by molar-refractivity contribution is 0.215. The van der Waals surface area contributed by atoms with Crippen LogP contribution in [0.4, 0.5) is 0 Å². The van der Waals surface area contributed by atoms with Crippen LogP contribution in [0.3, 0.4) is 0 Å². The zero-order chi connectivity index (χ0) is 25.7. The second kappa shape index (κ2) is 10.5. The average molecular weight is 507 g/mol. The van der Waals surface area contributed by atoms with E-state index in [1.165, 1.54) is 63.4 Å². The fraction of sp³-hybridized carbons (Fsp3) is 0.829.